The van der Waals surface area contributed by atoms with Crippen LogP contribution in [0, 0.1) is 6.92 Å². The predicted octanol–water partition coefficient (Wildman–Crippen LogP) is 6.06. The summed E-state index contributed by atoms with van der Waals surface area (Å²) in [4.78, 5) is 9.00. The van der Waals surface area contributed by atoms with E-state index in [1.165, 1.54) is 0 Å². The van der Waals surface area contributed by atoms with Crippen LogP contribution in [0.5, 0.6) is 11.5 Å². The summed E-state index contributed by atoms with van der Waals surface area (Å²) < 4.78 is 5.82. The molecule has 0 unspecified atom stereocenters. The van der Waals surface area contributed by atoms with Crippen LogP contribution < -0.4 is 15.4 Å². The molecule has 2 N–H and O–H groups in total. The summed E-state index contributed by atoms with van der Waals surface area (Å²) >= 11 is 0. The van der Waals surface area contributed by atoms with E-state index >= 15 is 0 Å². The van der Waals surface area contributed by atoms with Gasteiger partial charge < -0.3 is 15.4 Å². The van der Waals surface area contributed by atoms with Gasteiger partial charge in [-0.15, -0.1) is 0 Å². The van der Waals surface area contributed by atoms with E-state index < -0.39 is 0 Å². The van der Waals surface area contributed by atoms with Crippen LogP contribution in [0.1, 0.15) is 5.69 Å². The van der Waals surface area contributed by atoms with Gasteiger partial charge in [-0.25, -0.2) is 4.98 Å². The first-order valence-electron chi connectivity index (χ1n) is 9.02. The lowest BCUT2D eigenvalue weighted by Gasteiger charge is -2.11. The summed E-state index contributed by atoms with van der Waals surface area (Å²) in [7, 11) is 0. The lowest BCUT2D eigenvalue weighted by Crippen LogP contribution is -2.02. The first kappa shape index (κ1) is 17.5. The van der Waals surface area contributed by atoms with Gasteiger partial charge in [0.15, 0.2) is 0 Å². The number of benzene rings is 3. The normalized spacial score (nSPS) is 10.3. The van der Waals surface area contributed by atoms with Crippen LogP contribution in [0.4, 0.5) is 23.1 Å². The Morgan fingerprint density at radius 3 is 1.96 bits per heavy atom. The van der Waals surface area contributed by atoms with Crippen molar-refractivity contribution < 1.29 is 4.74 Å². The van der Waals surface area contributed by atoms with Crippen LogP contribution in [0.25, 0.3) is 0 Å². The average molecular weight is 368 g/mol. The van der Waals surface area contributed by atoms with E-state index in [0.29, 0.717) is 5.95 Å². The molecule has 5 nitrogen and oxygen atoms in total. The quantitative estimate of drug-likeness (QED) is 0.433. The van der Waals surface area contributed by atoms with Gasteiger partial charge in [0.05, 0.1) is 0 Å². The Morgan fingerprint density at radius 1 is 0.643 bits per heavy atom. The van der Waals surface area contributed by atoms with Crippen molar-refractivity contribution in [2.75, 3.05) is 10.6 Å². The van der Waals surface area contributed by atoms with Gasteiger partial charge in [-0.1, -0.05) is 36.4 Å². The Balaban J connectivity index is 1.46. The van der Waals surface area contributed by atoms with Gasteiger partial charge in [0, 0.05) is 23.1 Å². The molecule has 0 aliphatic heterocycles. The largest absolute Gasteiger partial charge is 0.457 e. The molecule has 0 spiro atoms. The van der Waals surface area contributed by atoms with Crippen molar-refractivity contribution in [3.05, 3.63) is 96.7 Å². The second kappa shape index (κ2) is 8.22. The van der Waals surface area contributed by atoms with Crippen LogP contribution in [0.3, 0.4) is 0 Å². The number of anilines is 4. The number of para-hydroxylation sites is 2. The molecule has 1 aromatic heterocycles. The second-order valence-corrected chi connectivity index (χ2v) is 6.27. The Bertz CT molecular complexity index is 1040. The molecule has 5 heteroatoms. The first-order valence-corrected chi connectivity index (χ1v) is 9.02. The third-order valence-electron chi connectivity index (χ3n) is 3.99. The van der Waals surface area contributed by atoms with Crippen LogP contribution in [0.15, 0.2) is 91.0 Å². The third kappa shape index (κ3) is 4.65. The number of nitrogens with zero attached hydrogens (tertiary/aromatic N) is 2. The lowest BCUT2D eigenvalue weighted by molar-refractivity contribution is 0.483. The lowest BCUT2D eigenvalue weighted by atomic mass is 10.3. The monoisotopic (exact) mass is 368 g/mol. The smallest absolute Gasteiger partial charge is 0.229 e. The number of aromatic nitrogens is 2. The Hall–Kier alpha value is -3.86. The molecule has 0 aliphatic carbocycles. The summed E-state index contributed by atoms with van der Waals surface area (Å²) in [5, 5.41) is 6.54. The molecule has 138 valence electrons. The molecular formula is C23H20N4O. The van der Waals surface area contributed by atoms with Crippen LogP contribution in [0.2, 0.25) is 0 Å². The highest BCUT2D eigenvalue weighted by molar-refractivity contribution is 5.60. The molecule has 0 atom stereocenters. The van der Waals surface area contributed by atoms with E-state index in [1.54, 1.807) is 0 Å². The maximum Gasteiger partial charge on any atom is 0.229 e. The third-order valence-corrected chi connectivity index (χ3v) is 3.99. The zero-order valence-electron chi connectivity index (χ0n) is 15.5. The highest BCUT2D eigenvalue weighted by atomic mass is 16.5. The number of aryl methyl sites for hydroxylation is 1. The number of nitrogens with one attached hydrogen (secondary N) is 2. The molecule has 0 saturated carbocycles. The number of hydrogen-bond donors (Lipinski definition) is 2. The number of ether oxygens (including phenoxy) is 1. The predicted molar refractivity (Wildman–Crippen MR) is 113 cm³/mol. The Morgan fingerprint density at radius 2 is 1.25 bits per heavy atom. The second-order valence-electron chi connectivity index (χ2n) is 6.27. The average Bonchev–Trinajstić information content (AvgIpc) is 2.71. The number of rotatable bonds is 6. The maximum absolute atomic E-state index is 5.82. The van der Waals surface area contributed by atoms with Gasteiger partial charge in [-0.2, -0.15) is 4.98 Å². The SMILES string of the molecule is Cc1cc(Nc2ccc(Oc3ccccc3)cc2)nc(Nc2ccccc2)n1. The fraction of sp³-hybridized carbons (Fsp3) is 0.0435. The molecule has 0 amide bonds. The van der Waals surface area contributed by atoms with Gasteiger partial charge in [0.1, 0.15) is 17.3 Å². The van der Waals surface area contributed by atoms with Crippen molar-refractivity contribution in [2.24, 2.45) is 0 Å². The maximum atomic E-state index is 5.82. The summed E-state index contributed by atoms with van der Waals surface area (Å²) in [6.07, 6.45) is 0. The van der Waals surface area contributed by atoms with Crippen LogP contribution in [-0.2, 0) is 0 Å². The fourth-order valence-corrected chi connectivity index (χ4v) is 2.72. The molecule has 0 radical (unpaired) electrons. The molecule has 0 bridgehead atoms. The van der Waals surface area contributed by atoms with E-state index in [9.17, 15) is 0 Å². The van der Waals surface area contributed by atoms with E-state index in [-0.39, 0.29) is 0 Å². The molecule has 0 fully saturated rings. The first-order chi connectivity index (χ1) is 13.7. The van der Waals surface area contributed by atoms with Crippen molar-refractivity contribution in [3.63, 3.8) is 0 Å². The number of hydrogen-bond acceptors (Lipinski definition) is 5. The van der Waals surface area contributed by atoms with E-state index in [1.807, 2.05) is 97.9 Å². The zero-order valence-corrected chi connectivity index (χ0v) is 15.5. The summed E-state index contributed by atoms with van der Waals surface area (Å²) in [6.45, 7) is 1.94. The van der Waals surface area contributed by atoms with Gasteiger partial charge in [0.2, 0.25) is 5.95 Å². The van der Waals surface area contributed by atoms with Gasteiger partial charge in [-0.3, -0.25) is 0 Å². The molecular weight excluding hydrogens is 348 g/mol. The van der Waals surface area contributed by atoms with Crippen LogP contribution >= 0.6 is 0 Å². The van der Waals surface area contributed by atoms with E-state index in [4.69, 9.17) is 4.74 Å². The highest BCUT2D eigenvalue weighted by Crippen LogP contribution is 2.24. The molecule has 4 rings (SSSR count). The van der Waals surface area contributed by atoms with Crippen molar-refractivity contribution in [1.29, 1.82) is 0 Å². The summed E-state index contributed by atoms with van der Waals surface area (Å²) in [6, 6.07) is 29.2. The topological polar surface area (TPSA) is 59.1 Å². The Kier molecular flexibility index (Phi) is 5.15. The fourth-order valence-electron chi connectivity index (χ4n) is 2.72. The van der Waals surface area contributed by atoms with Gasteiger partial charge >= 0.3 is 0 Å². The summed E-state index contributed by atoms with van der Waals surface area (Å²) in [5.74, 6) is 2.87. The minimum absolute atomic E-state index is 0.553. The molecule has 1 heterocycles. The van der Waals surface area contributed by atoms with Crippen molar-refractivity contribution >= 4 is 23.1 Å². The van der Waals surface area contributed by atoms with E-state index in [2.05, 4.69) is 20.6 Å². The molecule has 0 aliphatic rings. The molecule has 0 saturated heterocycles. The standard InChI is InChI=1S/C23H20N4O/c1-17-16-22(27-23(24-17)26-18-8-4-2-5-9-18)25-19-12-14-21(15-13-19)28-20-10-6-3-7-11-20/h2-16H,1H3,(H2,24,25,26,27). The molecule has 3 aromatic carbocycles. The zero-order chi connectivity index (χ0) is 19.2. The van der Waals surface area contributed by atoms with Gasteiger partial charge in [0.25, 0.3) is 0 Å². The van der Waals surface area contributed by atoms with Crippen LogP contribution in [-0.4, -0.2) is 9.97 Å². The van der Waals surface area contributed by atoms with Crippen molar-refractivity contribution in [1.82, 2.24) is 9.97 Å². The van der Waals surface area contributed by atoms with Crippen molar-refractivity contribution in [3.8, 4) is 11.5 Å². The van der Waals surface area contributed by atoms with Gasteiger partial charge in [-0.05, 0) is 55.5 Å². The minimum Gasteiger partial charge on any atom is -0.457 e. The molecule has 4 aromatic rings. The highest BCUT2D eigenvalue weighted by Gasteiger charge is 2.04. The minimum atomic E-state index is 0.553. The van der Waals surface area contributed by atoms with Crippen molar-refractivity contribution in [2.45, 2.75) is 6.92 Å². The van der Waals surface area contributed by atoms with E-state index in [0.717, 1.165) is 34.4 Å². The summed E-state index contributed by atoms with van der Waals surface area (Å²) in [5.41, 5.74) is 2.74. The molecule has 28 heavy (non-hydrogen) atoms. The Labute approximate surface area is 164 Å².